The maximum Gasteiger partial charge on any atom is 0.460 e. The second kappa shape index (κ2) is 7.07. The first-order valence-corrected chi connectivity index (χ1v) is 7.40. The summed E-state index contributed by atoms with van der Waals surface area (Å²) in [6.07, 6.45) is -17.5. The van der Waals surface area contributed by atoms with E-state index in [-0.39, 0.29) is 0 Å². The van der Waals surface area contributed by atoms with Gasteiger partial charge in [-0.1, -0.05) is 0 Å². The molecular formula is C9H6F14O3S. The van der Waals surface area contributed by atoms with Crippen LogP contribution < -0.4 is 0 Å². The fourth-order valence-corrected chi connectivity index (χ4v) is 2.12. The number of rotatable bonds is 8. The Morgan fingerprint density at radius 2 is 1.04 bits per heavy atom. The van der Waals surface area contributed by atoms with Crippen LogP contribution in [0, 0.1) is 0 Å². The van der Waals surface area contributed by atoms with Gasteiger partial charge in [0.05, 0.1) is 6.61 Å². The average molecular weight is 460 g/mol. The zero-order chi connectivity index (χ0) is 22.3. The van der Waals surface area contributed by atoms with Crippen LogP contribution in [0.25, 0.3) is 0 Å². The molecule has 0 radical (unpaired) electrons. The van der Waals surface area contributed by atoms with Gasteiger partial charge in [-0.2, -0.15) is 69.9 Å². The summed E-state index contributed by atoms with van der Waals surface area (Å²) in [6.45, 7) is -2.07. The number of halogens is 14. The molecule has 18 heteroatoms. The van der Waals surface area contributed by atoms with Gasteiger partial charge < -0.3 is 0 Å². The van der Waals surface area contributed by atoms with E-state index >= 15 is 0 Å². The third-order valence-electron chi connectivity index (χ3n) is 2.72. The van der Waals surface area contributed by atoms with Crippen molar-refractivity contribution in [3.8, 4) is 0 Å². The van der Waals surface area contributed by atoms with Crippen LogP contribution in [-0.2, 0) is 14.3 Å². The minimum absolute atomic E-state index is 1.72. The summed E-state index contributed by atoms with van der Waals surface area (Å²) in [5.41, 5.74) is 0. The highest BCUT2D eigenvalue weighted by molar-refractivity contribution is 7.87. The highest BCUT2D eigenvalue weighted by Gasteiger charge is 2.85. The smallest absolute Gasteiger partial charge is 0.265 e. The third kappa shape index (κ3) is 4.68. The van der Waals surface area contributed by atoms with E-state index in [4.69, 9.17) is 0 Å². The molecule has 0 aromatic rings. The Labute approximate surface area is 140 Å². The fraction of sp³-hybridized carbons (Fsp3) is 1.00. The van der Waals surface area contributed by atoms with Crippen molar-refractivity contribution in [1.82, 2.24) is 0 Å². The van der Waals surface area contributed by atoms with E-state index < -0.39 is 64.9 Å². The zero-order valence-electron chi connectivity index (χ0n) is 12.0. The van der Waals surface area contributed by atoms with Crippen molar-refractivity contribution < 1.29 is 74.1 Å². The topological polar surface area (TPSA) is 43.4 Å². The van der Waals surface area contributed by atoms with Gasteiger partial charge in [0.1, 0.15) is 0 Å². The van der Waals surface area contributed by atoms with E-state index in [2.05, 4.69) is 4.18 Å². The lowest BCUT2D eigenvalue weighted by molar-refractivity contribution is -0.382. The van der Waals surface area contributed by atoms with E-state index in [1.807, 2.05) is 0 Å². The van der Waals surface area contributed by atoms with Gasteiger partial charge in [-0.3, -0.25) is 4.18 Å². The molecule has 0 atom stereocenters. The zero-order valence-corrected chi connectivity index (χ0v) is 12.9. The van der Waals surface area contributed by atoms with Crippen LogP contribution in [0.5, 0.6) is 0 Å². The van der Waals surface area contributed by atoms with Crippen LogP contribution in [0.2, 0.25) is 0 Å². The van der Waals surface area contributed by atoms with Crippen LogP contribution >= 0.6 is 0 Å². The molecule has 0 fully saturated rings. The van der Waals surface area contributed by atoms with E-state index in [1.165, 1.54) is 0 Å². The molecule has 0 saturated heterocycles. The quantitative estimate of drug-likeness (QED) is 0.299. The molecule has 0 bridgehead atoms. The first-order valence-electron chi connectivity index (χ1n) is 5.99. The Hall–Kier alpha value is -1.07. The normalized spacial score (nSPS) is 15.9. The Kier molecular flexibility index (Phi) is 6.79. The summed E-state index contributed by atoms with van der Waals surface area (Å²) in [5, 5.41) is -7.22. The highest BCUT2D eigenvalue weighted by atomic mass is 32.2. The minimum Gasteiger partial charge on any atom is -0.265 e. The molecule has 3 nitrogen and oxygen atoms in total. The first kappa shape index (κ1) is 25.9. The van der Waals surface area contributed by atoms with Crippen molar-refractivity contribution in [3.05, 3.63) is 0 Å². The average Bonchev–Trinajstić information content (AvgIpc) is 2.40. The summed E-state index contributed by atoms with van der Waals surface area (Å²) in [6, 6.07) is 0. The molecule has 0 aliphatic heterocycles. The van der Waals surface area contributed by atoms with Crippen LogP contribution in [0.4, 0.5) is 61.5 Å². The van der Waals surface area contributed by atoms with Crippen LogP contribution in [0.15, 0.2) is 0 Å². The summed E-state index contributed by atoms with van der Waals surface area (Å²) in [7, 11) is -7.30. The Bertz CT molecular complexity index is 617. The van der Waals surface area contributed by atoms with Gasteiger partial charge in [-0.15, -0.1) is 0 Å². The summed E-state index contributed by atoms with van der Waals surface area (Å²) < 4.78 is 197. The summed E-state index contributed by atoms with van der Waals surface area (Å²) >= 11 is 0. The third-order valence-corrected chi connectivity index (χ3v) is 4.08. The highest BCUT2D eigenvalue weighted by Crippen LogP contribution is 2.55. The maximum atomic E-state index is 13.1. The van der Waals surface area contributed by atoms with Gasteiger partial charge in [-0.25, -0.2) is 0 Å². The van der Waals surface area contributed by atoms with Gasteiger partial charge in [0.25, 0.3) is 0 Å². The lowest BCUT2D eigenvalue weighted by Crippen LogP contribution is -2.63. The van der Waals surface area contributed by atoms with E-state index in [9.17, 15) is 69.9 Å². The van der Waals surface area contributed by atoms with Crippen molar-refractivity contribution in [2.45, 2.75) is 48.2 Å². The van der Waals surface area contributed by atoms with E-state index in [0.29, 0.717) is 0 Å². The number of alkyl halides is 14. The summed E-state index contributed by atoms with van der Waals surface area (Å²) in [5.74, 6) is -20.6. The Balaban J connectivity index is 5.36. The number of hydrogen-bond acceptors (Lipinski definition) is 3. The lowest BCUT2D eigenvalue weighted by Gasteiger charge is -2.32. The Morgan fingerprint density at radius 1 is 0.630 bits per heavy atom. The molecule has 0 N–H and O–H groups in total. The van der Waals surface area contributed by atoms with Crippen LogP contribution in [-0.4, -0.2) is 50.4 Å². The SMILES string of the molecule is O=S(=O)(OCCCC(F)(F)C(F)(F)F)C(F)(F)C(F)(F)C(F)(F)C(F)(F)F. The van der Waals surface area contributed by atoms with Gasteiger partial charge in [0.2, 0.25) is 0 Å². The molecule has 0 aromatic heterocycles. The van der Waals surface area contributed by atoms with Crippen molar-refractivity contribution in [2.75, 3.05) is 6.61 Å². The minimum atomic E-state index is -7.60. The standard InChI is InChI=1S/C9H6F14O3S/c10-4(11,7(16,17)18)2-1-3-26-27(24,25)9(22,23)6(14,15)5(12,13)8(19,20)21/h1-3H2. The predicted molar refractivity (Wildman–Crippen MR) is 56.0 cm³/mol. The summed E-state index contributed by atoms with van der Waals surface area (Å²) in [4.78, 5) is 0. The van der Waals surface area contributed by atoms with Crippen molar-refractivity contribution in [1.29, 1.82) is 0 Å². The first-order chi connectivity index (χ1) is 11.5. The van der Waals surface area contributed by atoms with Crippen LogP contribution in [0.1, 0.15) is 12.8 Å². The van der Waals surface area contributed by atoms with Crippen LogP contribution in [0.3, 0.4) is 0 Å². The molecule has 0 unspecified atom stereocenters. The monoisotopic (exact) mass is 460 g/mol. The second-order valence-electron chi connectivity index (χ2n) is 4.75. The van der Waals surface area contributed by atoms with Gasteiger partial charge >= 0.3 is 45.5 Å². The van der Waals surface area contributed by atoms with Gasteiger partial charge in [-0.05, 0) is 6.42 Å². The van der Waals surface area contributed by atoms with Crippen molar-refractivity contribution in [2.24, 2.45) is 0 Å². The molecule has 164 valence electrons. The van der Waals surface area contributed by atoms with Gasteiger partial charge in [0, 0.05) is 6.42 Å². The van der Waals surface area contributed by atoms with E-state index in [1.54, 1.807) is 0 Å². The molecule has 0 rings (SSSR count). The second-order valence-corrected chi connectivity index (χ2v) is 6.40. The fourth-order valence-electron chi connectivity index (χ4n) is 1.20. The van der Waals surface area contributed by atoms with E-state index in [0.717, 1.165) is 0 Å². The molecule has 0 saturated carbocycles. The molecule has 0 aliphatic carbocycles. The lowest BCUT2D eigenvalue weighted by atomic mass is 10.1. The molecule has 0 aliphatic rings. The molecule has 0 amide bonds. The van der Waals surface area contributed by atoms with Crippen molar-refractivity contribution >= 4 is 10.1 Å². The van der Waals surface area contributed by atoms with Gasteiger partial charge in [0.15, 0.2) is 0 Å². The maximum absolute atomic E-state index is 13.1. The Morgan fingerprint density at radius 3 is 1.37 bits per heavy atom. The molecule has 0 spiro atoms. The number of hydrogen-bond donors (Lipinski definition) is 0. The molecule has 0 aromatic carbocycles. The molecule has 27 heavy (non-hydrogen) atoms. The predicted octanol–water partition coefficient (Wildman–Crippen LogP) is 4.74. The molecular weight excluding hydrogens is 454 g/mol. The largest absolute Gasteiger partial charge is 0.460 e. The van der Waals surface area contributed by atoms with Crippen molar-refractivity contribution in [3.63, 3.8) is 0 Å². The molecule has 0 heterocycles.